The van der Waals surface area contributed by atoms with Crippen LogP contribution < -0.4 is 10.6 Å². The number of ether oxygens (including phenoxy) is 1. The number of urea groups is 1. The van der Waals surface area contributed by atoms with Crippen molar-refractivity contribution in [1.82, 2.24) is 20.4 Å². The van der Waals surface area contributed by atoms with Crippen molar-refractivity contribution >= 4 is 12.0 Å². The summed E-state index contributed by atoms with van der Waals surface area (Å²) in [5.74, 6) is -0.422. The number of aryl methyl sites for hydroxylation is 1. The number of amides is 2. The van der Waals surface area contributed by atoms with Crippen molar-refractivity contribution in [2.45, 2.75) is 32.9 Å². The Kier molecular flexibility index (Phi) is 6.36. The lowest BCUT2D eigenvalue weighted by Crippen LogP contribution is -2.52. The number of esters is 1. The van der Waals surface area contributed by atoms with Gasteiger partial charge < -0.3 is 15.4 Å². The number of methoxy groups -OCH3 is 1. The number of piperazine rings is 1. The summed E-state index contributed by atoms with van der Waals surface area (Å²) in [6, 6.07) is 7.53. The van der Waals surface area contributed by atoms with Crippen molar-refractivity contribution < 1.29 is 14.3 Å². The maximum absolute atomic E-state index is 12.6. The molecule has 2 N–H and O–H groups in total. The predicted octanol–water partition coefficient (Wildman–Crippen LogP) is 1.80. The minimum absolute atomic E-state index is 0.297. The van der Waals surface area contributed by atoms with E-state index in [1.165, 1.54) is 7.11 Å². The lowest BCUT2D eigenvalue weighted by atomic mass is 9.94. The van der Waals surface area contributed by atoms with E-state index in [0.717, 1.165) is 37.3 Å². The maximum Gasteiger partial charge on any atom is 0.338 e. The molecule has 2 amide bonds. The molecule has 28 heavy (non-hydrogen) atoms. The molecule has 0 aromatic heterocycles. The molecule has 0 aliphatic carbocycles. The smallest absolute Gasteiger partial charge is 0.338 e. The predicted molar refractivity (Wildman–Crippen MR) is 108 cm³/mol. The van der Waals surface area contributed by atoms with Crippen LogP contribution >= 0.6 is 0 Å². The lowest BCUT2D eigenvalue weighted by molar-refractivity contribution is -0.136. The van der Waals surface area contributed by atoms with E-state index in [1.807, 2.05) is 31.2 Å². The van der Waals surface area contributed by atoms with Crippen LogP contribution in [0.4, 0.5) is 4.79 Å². The standard InChI is InChI=1S/C21H30N4O3/c1-14(2)25-11-9-24(10-12-25)13-17-18(20(26)28-4)19(23-21(27)22-17)16-7-5-15(3)6-8-16/h5-8,14,19H,9-13H2,1-4H3,(H2,22,23,27)/t19-/m1/s1. The van der Waals surface area contributed by atoms with Crippen LogP contribution in [0.25, 0.3) is 0 Å². The SMILES string of the molecule is COC(=O)C1=C(CN2CCN(C(C)C)CC2)NC(=O)N[C@@H]1c1ccc(C)cc1. The largest absolute Gasteiger partial charge is 0.466 e. The van der Waals surface area contributed by atoms with Crippen LogP contribution in [0.1, 0.15) is 31.0 Å². The van der Waals surface area contributed by atoms with Crippen LogP contribution in [-0.2, 0) is 9.53 Å². The zero-order valence-electron chi connectivity index (χ0n) is 17.1. The molecule has 1 atom stereocenters. The van der Waals surface area contributed by atoms with Crippen LogP contribution in [0.3, 0.4) is 0 Å². The fraction of sp³-hybridized carbons (Fsp3) is 0.524. The molecule has 0 unspecified atom stereocenters. The van der Waals surface area contributed by atoms with Crippen LogP contribution in [0, 0.1) is 6.92 Å². The van der Waals surface area contributed by atoms with Gasteiger partial charge in [0.2, 0.25) is 0 Å². The van der Waals surface area contributed by atoms with Crippen LogP contribution in [0.5, 0.6) is 0 Å². The molecule has 3 rings (SSSR count). The van der Waals surface area contributed by atoms with Crippen molar-refractivity contribution in [3.63, 3.8) is 0 Å². The first-order chi connectivity index (χ1) is 13.4. The zero-order chi connectivity index (χ0) is 20.3. The van der Waals surface area contributed by atoms with E-state index in [4.69, 9.17) is 4.74 Å². The van der Waals surface area contributed by atoms with Gasteiger partial charge in [0.25, 0.3) is 0 Å². The Morgan fingerprint density at radius 2 is 1.82 bits per heavy atom. The van der Waals surface area contributed by atoms with E-state index >= 15 is 0 Å². The third kappa shape index (κ3) is 4.54. The van der Waals surface area contributed by atoms with E-state index in [1.54, 1.807) is 0 Å². The lowest BCUT2D eigenvalue weighted by Gasteiger charge is -2.38. The molecule has 2 heterocycles. The second-order valence-corrected chi connectivity index (χ2v) is 7.73. The highest BCUT2D eigenvalue weighted by Crippen LogP contribution is 2.28. The monoisotopic (exact) mass is 386 g/mol. The minimum atomic E-state index is -0.520. The van der Waals surface area contributed by atoms with Gasteiger partial charge in [0.1, 0.15) is 0 Å². The molecule has 1 fully saturated rings. The van der Waals surface area contributed by atoms with E-state index in [-0.39, 0.29) is 6.03 Å². The molecule has 7 nitrogen and oxygen atoms in total. The molecule has 0 bridgehead atoms. The van der Waals surface area contributed by atoms with Crippen molar-refractivity contribution in [3.8, 4) is 0 Å². The fourth-order valence-corrected chi connectivity index (χ4v) is 3.76. The van der Waals surface area contributed by atoms with Crippen molar-refractivity contribution in [2.75, 3.05) is 39.8 Å². The summed E-state index contributed by atoms with van der Waals surface area (Å²) in [7, 11) is 1.37. The second kappa shape index (κ2) is 8.75. The molecule has 152 valence electrons. The van der Waals surface area contributed by atoms with E-state index < -0.39 is 12.0 Å². The Hall–Kier alpha value is -2.38. The minimum Gasteiger partial charge on any atom is -0.466 e. The summed E-state index contributed by atoms with van der Waals surface area (Å²) >= 11 is 0. The summed E-state index contributed by atoms with van der Waals surface area (Å²) in [5.41, 5.74) is 3.08. The molecule has 2 aliphatic heterocycles. The maximum atomic E-state index is 12.6. The van der Waals surface area contributed by atoms with Gasteiger partial charge in [-0.1, -0.05) is 29.8 Å². The average Bonchev–Trinajstić information content (AvgIpc) is 2.68. The summed E-state index contributed by atoms with van der Waals surface area (Å²) in [6.45, 7) is 10.7. The van der Waals surface area contributed by atoms with Crippen LogP contribution in [0.2, 0.25) is 0 Å². The number of nitrogens with zero attached hydrogens (tertiary/aromatic N) is 2. The summed E-state index contributed by atoms with van der Waals surface area (Å²) in [4.78, 5) is 29.7. The molecule has 1 saturated heterocycles. The fourth-order valence-electron chi connectivity index (χ4n) is 3.76. The number of carbonyl (C=O) groups is 2. The number of benzene rings is 1. The molecule has 0 radical (unpaired) electrons. The number of hydrogen-bond acceptors (Lipinski definition) is 5. The van der Waals surface area contributed by atoms with Crippen molar-refractivity contribution in [2.24, 2.45) is 0 Å². The first kappa shape index (κ1) is 20.4. The second-order valence-electron chi connectivity index (χ2n) is 7.73. The molecule has 1 aromatic rings. The first-order valence-corrected chi connectivity index (χ1v) is 9.81. The zero-order valence-corrected chi connectivity index (χ0v) is 17.1. The van der Waals surface area contributed by atoms with Crippen LogP contribution in [0.15, 0.2) is 35.5 Å². The van der Waals surface area contributed by atoms with Gasteiger partial charge in [-0.05, 0) is 26.3 Å². The van der Waals surface area contributed by atoms with Gasteiger partial charge in [0.05, 0.1) is 18.7 Å². The Bertz CT molecular complexity index is 749. The van der Waals surface area contributed by atoms with Crippen LogP contribution in [-0.4, -0.2) is 67.7 Å². The number of nitrogens with one attached hydrogen (secondary N) is 2. The quantitative estimate of drug-likeness (QED) is 0.755. The van der Waals surface area contributed by atoms with Gasteiger partial charge in [-0.3, -0.25) is 9.80 Å². The Balaban J connectivity index is 1.87. The molecule has 0 saturated carbocycles. The van der Waals surface area contributed by atoms with Gasteiger partial charge in [0, 0.05) is 44.5 Å². The summed E-state index contributed by atoms with van der Waals surface area (Å²) in [5, 5.41) is 5.72. The topological polar surface area (TPSA) is 73.9 Å². The van der Waals surface area contributed by atoms with Crippen molar-refractivity contribution in [3.05, 3.63) is 46.7 Å². The Morgan fingerprint density at radius 3 is 2.39 bits per heavy atom. The number of rotatable bonds is 5. The molecular formula is C21H30N4O3. The molecule has 7 heteroatoms. The van der Waals surface area contributed by atoms with Gasteiger partial charge in [-0.15, -0.1) is 0 Å². The third-order valence-corrected chi connectivity index (χ3v) is 5.49. The number of hydrogen-bond donors (Lipinski definition) is 2. The van der Waals surface area contributed by atoms with Crippen molar-refractivity contribution in [1.29, 1.82) is 0 Å². The van der Waals surface area contributed by atoms with E-state index in [0.29, 0.717) is 23.9 Å². The summed E-state index contributed by atoms with van der Waals surface area (Å²) in [6.07, 6.45) is 0. The Labute approximate surface area is 166 Å². The van der Waals surface area contributed by atoms with Gasteiger partial charge >= 0.3 is 12.0 Å². The molecule has 1 aromatic carbocycles. The third-order valence-electron chi connectivity index (χ3n) is 5.49. The molecule has 2 aliphatic rings. The Morgan fingerprint density at radius 1 is 1.18 bits per heavy atom. The van der Waals surface area contributed by atoms with Gasteiger partial charge in [-0.2, -0.15) is 0 Å². The average molecular weight is 386 g/mol. The normalized spacial score (nSPS) is 21.5. The molecule has 0 spiro atoms. The highest BCUT2D eigenvalue weighted by atomic mass is 16.5. The van der Waals surface area contributed by atoms with E-state index in [2.05, 4.69) is 34.3 Å². The van der Waals surface area contributed by atoms with Gasteiger partial charge in [0.15, 0.2) is 0 Å². The number of carbonyl (C=O) groups excluding carboxylic acids is 2. The first-order valence-electron chi connectivity index (χ1n) is 9.81. The van der Waals surface area contributed by atoms with Gasteiger partial charge in [-0.25, -0.2) is 9.59 Å². The summed E-state index contributed by atoms with van der Waals surface area (Å²) < 4.78 is 5.05. The highest BCUT2D eigenvalue weighted by Gasteiger charge is 2.34. The molecular weight excluding hydrogens is 356 g/mol. The highest BCUT2D eigenvalue weighted by molar-refractivity contribution is 5.95. The van der Waals surface area contributed by atoms with E-state index in [9.17, 15) is 9.59 Å².